The highest BCUT2D eigenvalue weighted by Crippen LogP contribution is 2.34. The van der Waals surface area contributed by atoms with Gasteiger partial charge in [-0.25, -0.2) is 4.79 Å². The van der Waals surface area contributed by atoms with E-state index in [0.717, 1.165) is 31.3 Å². The third-order valence-corrected chi connectivity index (χ3v) is 7.04. The van der Waals surface area contributed by atoms with Crippen molar-refractivity contribution in [1.82, 2.24) is 9.80 Å². The molecular formula is C28H31N3O8. The highest BCUT2D eigenvalue weighted by molar-refractivity contribution is 6.07. The van der Waals surface area contributed by atoms with Crippen molar-refractivity contribution >= 4 is 29.4 Å². The van der Waals surface area contributed by atoms with Crippen LogP contribution in [0.2, 0.25) is 0 Å². The first-order valence-corrected chi connectivity index (χ1v) is 13.0. The lowest BCUT2D eigenvalue weighted by Gasteiger charge is -2.41. The van der Waals surface area contributed by atoms with E-state index in [1.807, 2.05) is 0 Å². The molecule has 0 aromatic heterocycles. The Bertz CT molecular complexity index is 1290. The molecule has 2 atom stereocenters. The van der Waals surface area contributed by atoms with Gasteiger partial charge < -0.3 is 14.4 Å². The molecule has 5 heterocycles. The number of carbonyl (C=O) groups excluding carboxylic acids is 4. The van der Waals surface area contributed by atoms with Gasteiger partial charge in [-0.2, -0.15) is 0 Å². The number of amides is 3. The van der Waals surface area contributed by atoms with Gasteiger partial charge in [0.1, 0.15) is 24.4 Å². The van der Waals surface area contributed by atoms with Crippen LogP contribution in [0, 0.1) is 10.1 Å². The van der Waals surface area contributed by atoms with Gasteiger partial charge in [-0.1, -0.05) is 50.8 Å². The number of hydrogen-bond acceptors (Lipinski definition) is 8. The molecule has 7 rings (SSSR count). The first kappa shape index (κ1) is 27.7. The second-order valence-electron chi connectivity index (χ2n) is 9.72. The molecule has 11 heteroatoms. The third kappa shape index (κ3) is 6.08. The van der Waals surface area contributed by atoms with Crippen molar-refractivity contribution in [2.75, 3.05) is 13.7 Å². The first-order chi connectivity index (χ1) is 18.7. The fraction of sp³-hybridized carbons (Fsp3) is 0.429. The molecule has 0 N–H and O–H groups in total. The number of nitro groups is 1. The Morgan fingerprint density at radius 1 is 1.08 bits per heavy atom. The number of imide groups is 1. The second kappa shape index (κ2) is 12.1. The fourth-order valence-corrected chi connectivity index (χ4v) is 5.06. The molecule has 206 valence electrons. The van der Waals surface area contributed by atoms with Crippen molar-refractivity contribution < 1.29 is 33.6 Å². The molecular weight excluding hydrogens is 506 g/mol. The van der Waals surface area contributed by atoms with E-state index in [1.165, 1.54) is 17.0 Å². The minimum absolute atomic E-state index is 0.0289. The van der Waals surface area contributed by atoms with E-state index >= 15 is 0 Å². The van der Waals surface area contributed by atoms with Crippen molar-refractivity contribution in [3.05, 3.63) is 63.7 Å². The molecule has 0 radical (unpaired) electrons. The lowest BCUT2D eigenvalue weighted by molar-refractivity contribution is -0.385. The normalized spacial score (nSPS) is 19.3. The second-order valence-corrected chi connectivity index (χ2v) is 9.72. The van der Waals surface area contributed by atoms with Crippen molar-refractivity contribution in [3.63, 3.8) is 0 Å². The zero-order valence-corrected chi connectivity index (χ0v) is 22.0. The summed E-state index contributed by atoms with van der Waals surface area (Å²) in [5.41, 5.74) is 0.549. The number of methoxy groups -OCH3 is 1. The molecule has 0 saturated carbocycles. The van der Waals surface area contributed by atoms with Gasteiger partial charge in [-0.05, 0) is 35.7 Å². The summed E-state index contributed by atoms with van der Waals surface area (Å²) in [7, 11) is 1.14. The highest BCUT2D eigenvalue weighted by Gasteiger charge is 2.46. The van der Waals surface area contributed by atoms with Gasteiger partial charge >= 0.3 is 11.7 Å². The SMILES string of the molecule is CCCCCCC1C(=O)N2C(=O)CN1C(=O)Cc1cccc(c1)Oc1ccc(cc1[N+](=O)[O-])CC2C(=O)OC. The Morgan fingerprint density at radius 2 is 1.87 bits per heavy atom. The van der Waals surface area contributed by atoms with Crippen LogP contribution >= 0.6 is 0 Å². The number of unbranched alkanes of at least 4 members (excludes halogenated alkanes) is 3. The number of benzene rings is 2. The van der Waals surface area contributed by atoms with Crippen LogP contribution in [0.15, 0.2) is 42.5 Å². The van der Waals surface area contributed by atoms with Crippen LogP contribution in [-0.4, -0.2) is 64.2 Å². The quantitative estimate of drug-likeness (QED) is 0.172. The molecule has 6 bridgehead atoms. The summed E-state index contributed by atoms with van der Waals surface area (Å²) < 4.78 is 10.7. The van der Waals surface area contributed by atoms with E-state index in [4.69, 9.17) is 9.47 Å². The average molecular weight is 538 g/mol. The number of nitrogens with zero attached hydrogens (tertiary/aromatic N) is 3. The smallest absolute Gasteiger partial charge is 0.329 e. The van der Waals surface area contributed by atoms with Crippen LogP contribution in [0.1, 0.15) is 50.2 Å². The number of hydrogen-bond donors (Lipinski definition) is 0. The zero-order chi connectivity index (χ0) is 28.1. The van der Waals surface area contributed by atoms with Gasteiger partial charge in [0, 0.05) is 12.5 Å². The lowest BCUT2D eigenvalue weighted by atomic mass is 9.97. The fourth-order valence-electron chi connectivity index (χ4n) is 5.06. The van der Waals surface area contributed by atoms with E-state index in [2.05, 4.69) is 6.92 Å². The maximum Gasteiger partial charge on any atom is 0.329 e. The van der Waals surface area contributed by atoms with Gasteiger partial charge in [-0.3, -0.25) is 29.4 Å². The van der Waals surface area contributed by atoms with Gasteiger partial charge in [0.05, 0.1) is 18.5 Å². The Hall–Kier alpha value is -4.28. The molecule has 11 nitrogen and oxygen atoms in total. The van der Waals surface area contributed by atoms with Gasteiger partial charge in [0.25, 0.3) is 5.91 Å². The van der Waals surface area contributed by atoms with E-state index in [0.29, 0.717) is 29.7 Å². The minimum atomic E-state index is -1.35. The van der Waals surface area contributed by atoms with Gasteiger partial charge in [0.15, 0.2) is 0 Å². The number of carbonyl (C=O) groups is 4. The summed E-state index contributed by atoms with van der Waals surface area (Å²) in [6, 6.07) is 8.52. The van der Waals surface area contributed by atoms with Crippen LogP contribution in [-0.2, 0) is 36.8 Å². The maximum atomic E-state index is 13.8. The van der Waals surface area contributed by atoms with E-state index < -0.39 is 40.7 Å². The Labute approximate surface area is 225 Å². The van der Waals surface area contributed by atoms with Crippen LogP contribution in [0.25, 0.3) is 0 Å². The Kier molecular flexibility index (Phi) is 8.58. The van der Waals surface area contributed by atoms with Crippen LogP contribution in [0.4, 0.5) is 5.69 Å². The molecule has 5 aliphatic heterocycles. The molecule has 0 aliphatic carbocycles. The lowest BCUT2D eigenvalue weighted by Crippen LogP contribution is -2.65. The zero-order valence-electron chi connectivity index (χ0n) is 22.0. The Morgan fingerprint density at radius 3 is 2.59 bits per heavy atom. The summed E-state index contributed by atoms with van der Waals surface area (Å²) in [4.78, 5) is 67.0. The first-order valence-electron chi connectivity index (χ1n) is 13.0. The number of ether oxygens (including phenoxy) is 2. The largest absolute Gasteiger partial charge is 0.467 e. The summed E-state index contributed by atoms with van der Waals surface area (Å²) in [5.74, 6) is -2.33. The Balaban J connectivity index is 1.83. The van der Waals surface area contributed by atoms with Crippen LogP contribution in [0.3, 0.4) is 0 Å². The van der Waals surface area contributed by atoms with Crippen LogP contribution < -0.4 is 4.74 Å². The summed E-state index contributed by atoms with van der Waals surface area (Å²) >= 11 is 0. The van der Waals surface area contributed by atoms with Crippen molar-refractivity contribution in [1.29, 1.82) is 0 Å². The predicted octanol–water partition coefficient (Wildman–Crippen LogP) is 3.56. The summed E-state index contributed by atoms with van der Waals surface area (Å²) in [6.45, 7) is 1.69. The van der Waals surface area contributed by atoms with E-state index in [-0.39, 0.29) is 30.8 Å². The summed E-state index contributed by atoms with van der Waals surface area (Å²) in [6.07, 6.45) is 3.50. The number of esters is 1. The average Bonchev–Trinajstić information content (AvgIpc) is 2.91. The monoisotopic (exact) mass is 537 g/mol. The molecule has 0 spiro atoms. The highest BCUT2D eigenvalue weighted by atomic mass is 16.6. The molecule has 1 fully saturated rings. The van der Waals surface area contributed by atoms with Crippen molar-refractivity contribution in [2.45, 2.75) is 64.0 Å². The van der Waals surface area contributed by atoms with Gasteiger partial charge in [0.2, 0.25) is 17.6 Å². The van der Waals surface area contributed by atoms with E-state index in [1.54, 1.807) is 30.3 Å². The molecule has 2 aromatic carbocycles. The number of rotatable bonds is 7. The molecule has 2 unspecified atom stereocenters. The predicted molar refractivity (Wildman–Crippen MR) is 139 cm³/mol. The summed E-state index contributed by atoms with van der Waals surface area (Å²) in [5, 5.41) is 11.9. The van der Waals surface area contributed by atoms with Crippen molar-refractivity contribution in [2.24, 2.45) is 0 Å². The molecule has 39 heavy (non-hydrogen) atoms. The van der Waals surface area contributed by atoms with Crippen LogP contribution in [0.5, 0.6) is 11.5 Å². The molecule has 3 amide bonds. The maximum absolute atomic E-state index is 13.8. The van der Waals surface area contributed by atoms with Gasteiger partial charge in [-0.15, -0.1) is 0 Å². The number of nitro benzene ring substituents is 1. The topological polar surface area (TPSA) is 136 Å². The standard InChI is InChI=1S/C28H31N3O8/c1-3-4-5-6-10-21-27(34)30-23(28(35)38-2)15-19-11-12-24(22(14-19)31(36)37)39-20-9-7-8-18(13-20)16-25(32)29(21)17-26(30)33/h7-9,11-14,21,23H,3-6,10,15-17H2,1-2H3. The van der Waals surface area contributed by atoms with E-state index in [9.17, 15) is 29.3 Å². The van der Waals surface area contributed by atoms with Crippen molar-refractivity contribution in [3.8, 4) is 11.5 Å². The molecule has 2 aromatic rings. The molecule has 5 aliphatic rings. The molecule has 1 saturated heterocycles. The number of piperazine rings is 1. The minimum Gasteiger partial charge on any atom is -0.467 e. The third-order valence-electron chi connectivity index (χ3n) is 7.04.